The van der Waals surface area contributed by atoms with E-state index in [-0.39, 0.29) is 0 Å². The Bertz CT molecular complexity index is 191. The van der Waals surface area contributed by atoms with Gasteiger partial charge in [-0.2, -0.15) is 0 Å². The third-order valence-electron chi connectivity index (χ3n) is 0.927. The molecule has 0 atom stereocenters. The van der Waals surface area contributed by atoms with E-state index in [1.165, 1.54) is 0 Å². The van der Waals surface area contributed by atoms with Gasteiger partial charge in [-0.15, -0.1) is 0 Å². The Labute approximate surface area is 75.0 Å². The maximum absolute atomic E-state index is 9.75. The fraction of sp³-hybridized carbons (Fsp3) is 0. The Morgan fingerprint density at radius 3 is 2.27 bits per heavy atom. The second-order valence-corrected chi connectivity index (χ2v) is 1.53. The second-order valence-electron chi connectivity index (χ2n) is 1.53. The summed E-state index contributed by atoms with van der Waals surface area (Å²) in [6, 6.07) is 8.90. The van der Waals surface area contributed by atoms with Crippen LogP contribution in [0.2, 0.25) is 0 Å². The van der Waals surface area contributed by atoms with Crippen LogP contribution in [-0.2, 0) is 4.79 Å². The van der Waals surface area contributed by atoms with Gasteiger partial charge in [-0.1, -0.05) is 30.0 Å². The fourth-order valence-electron chi connectivity index (χ4n) is 0.555. The van der Waals surface area contributed by atoms with E-state index in [0.717, 1.165) is 0 Å². The number of carbonyl (C=O) groups excluding carboxylic acids is 1. The van der Waals surface area contributed by atoms with Crippen LogP contribution in [0.25, 0.3) is 0 Å². The zero-order valence-electron chi connectivity index (χ0n) is 5.61. The summed E-state index contributed by atoms with van der Waals surface area (Å²) in [7, 11) is 4.33. The lowest BCUT2D eigenvalue weighted by molar-refractivity contribution is -0.120. The molecular formula is C7H7ClO2S. The van der Waals surface area contributed by atoms with E-state index in [1.807, 2.05) is 6.07 Å². The second kappa shape index (κ2) is 7.44. The molecule has 0 aliphatic heterocycles. The van der Waals surface area contributed by atoms with E-state index in [1.54, 1.807) is 24.3 Å². The van der Waals surface area contributed by atoms with Crippen LogP contribution >= 0.6 is 22.5 Å². The summed E-state index contributed by atoms with van der Waals surface area (Å²) in [6.07, 6.45) is 0. The van der Waals surface area contributed by atoms with Gasteiger partial charge in [0.1, 0.15) is 5.75 Å². The number of para-hydroxylation sites is 1. The predicted octanol–water partition coefficient (Wildman–Crippen LogP) is 2.29. The lowest BCUT2D eigenvalue weighted by Gasteiger charge is -1.92. The van der Waals surface area contributed by atoms with Crippen molar-refractivity contribution in [3.05, 3.63) is 30.3 Å². The SMILES string of the molecule is O=COc1ccccc1.SCl. The van der Waals surface area contributed by atoms with Crippen molar-refractivity contribution in [3.8, 4) is 5.75 Å². The number of hydrogen-bond acceptors (Lipinski definition) is 3. The smallest absolute Gasteiger partial charge is 0.298 e. The summed E-state index contributed by atoms with van der Waals surface area (Å²) < 4.78 is 4.53. The summed E-state index contributed by atoms with van der Waals surface area (Å²) in [5, 5.41) is 0. The van der Waals surface area contributed by atoms with Crippen molar-refractivity contribution < 1.29 is 9.53 Å². The molecule has 11 heavy (non-hydrogen) atoms. The molecule has 0 fully saturated rings. The average Bonchev–Trinajstić information content (AvgIpc) is 2.11. The van der Waals surface area contributed by atoms with Gasteiger partial charge < -0.3 is 4.74 Å². The molecule has 60 valence electrons. The van der Waals surface area contributed by atoms with Crippen molar-refractivity contribution in [3.63, 3.8) is 0 Å². The predicted molar refractivity (Wildman–Crippen MR) is 48.0 cm³/mol. The van der Waals surface area contributed by atoms with Crippen molar-refractivity contribution in [2.75, 3.05) is 0 Å². The minimum Gasteiger partial charge on any atom is -0.429 e. The lowest BCUT2D eigenvalue weighted by atomic mass is 10.3. The van der Waals surface area contributed by atoms with Crippen LogP contribution in [0.5, 0.6) is 5.75 Å². The molecule has 0 aliphatic rings. The van der Waals surface area contributed by atoms with Crippen LogP contribution in [0.1, 0.15) is 0 Å². The molecule has 1 rings (SSSR count). The molecule has 0 saturated carbocycles. The van der Waals surface area contributed by atoms with Crippen LogP contribution in [0.4, 0.5) is 0 Å². The van der Waals surface area contributed by atoms with Gasteiger partial charge in [0.05, 0.1) is 0 Å². The lowest BCUT2D eigenvalue weighted by Crippen LogP contribution is -1.85. The number of hydrogen-bond donors (Lipinski definition) is 1. The fourth-order valence-corrected chi connectivity index (χ4v) is 0.555. The standard InChI is InChI=1S/C7H6O2.ClHS/c8-6-9-7-4-2-1-3-5-7;1-2/h1-6H;2H. The maximum Gasteiger partial charge on any atom is 0.298 e. The van der Waals surface area contributed by atoms with E-state index in [4.69, 9.17) is 0 Å². The van der Waals surface area contributed by atoms with Gasteiger partial charge in [-0.05, 0) is 22.8 Å². The highest BCUT2D eigenvalue weighted by molar-refractivity contribution is 8.05. The molecule has 0 bridgehead atoms. The minimum atomic E-state index is 0.412. The molecule has 0 spiro atoms. The number of rotatable bonds is 2. The molecule has 4 heteroatoms. The van der Waals surface area contributed by atoms with Gasteiger partial charge in [0, 0.05) is 0 Å². The molecule has 0 N–H and O–H groups in total. The Balaban J connectivity index is 0.000000461. The Hall–Kier alpha value is -0.670. The minimum absolute atomic E-state index is 0.412. The van der Waals surface area contributed by atoms with Crippen LogP contribution in [0.15, 0.2) is 30.3 Å². The molecule has 0 saturated heterocycles. The van der Waals surface area contributed by atoms with Crippen molar-refractivity contribution in [1.29, 1.82) is 0 Å². The Morgan fingerprint density at radius 1 is 1.27 bits per heavy atom. The van der Waals surface area contributed by atoms with E-state index in [0.29, 0.717) is 12.2 Å². The molecule has 0 heterocycles. The first-order valence-corrected chi connectivity index (χ1v) is 4.11. The number of ether oxygens (including phenoxy) is 1. The first-order chi connectivity index (χ1) is 5.43. The van der Waals surface area contributed by atoms with Crippen LogP contribution in [0.3, 0.4) is 0 Å². The van der Waals surface area contributed by atoms with Crippen molar-refractivity contribution in [2.45, 2.75) is 0 Å². The summed E-state index contributed by atoms with van der Waals surface area (Å²) in [5.41, 5.74) is 0. The molecule has 1 aromatic carbocycles. The van der Waals surface area contributed by atoms with Gasteiger partial charge in [-0.25, -0.2) is 0 Å². The molecule has 1 aromatic rings. The Morgan fingerprint density at radius 2 is 1.82 bits per heavy atom. The molecule has 0 aromatic heterocycles. The normalized spacial score (nSPS) is 7.45. The van der Waals surface area contributed by atoms with Crippen LogP contribution in [0, 0.1) is 0 Å². The molecular weight excluding hydrogens is 184 g/mol. The molecule has 0 unspecified atom stereocenters. The number of thiol groups is 1. The maximum atomic E-state index is 9.75. The zero-order valence-corrected chi connectivity index (χ0v) is 7.26. The highest BCUT2D eigenvalue weighted by Gasteiger charge is 1.84. The Kier molecular flexibility index (Phi) is 6.98. The van der Waals surface area contributed by atoms with Gasteiger partial charge in [0.2, 0.25) is 0 Å². The highest BCUT2D eigenvalue weighted by atomic mass is 35.7. The molecule has 2 nitrogen and oxygen atoms in total. The first kappa shape index (κ1) is 10.3. The van der Waals surface area contributed by atoms with Gasteiger partial charge in [0.25, 0.3) is 6.47 Å². The van der Waals surface area contributed by atoms with Crippen molar-refractivity contribution in [1.82, 2.24) is 0 Å². The quantitative estimate of drug-likeness (QED) is 0.572. The van der Waals surface area contributed by atoms with E-state index >= 15 is 0 Å². The zero-order chi connectivity index (χ0) is 8.53. The van der Waals surface area contributed by atoms with Gasteiger partial charge >= 0.3 is 0 Å². The summed E-state index contributed by atoms with van der Waals surface area (Å²) in [6.45, 7) is 0.412. The monoisotopic (exact) mass is 190 g/mol. The molecule has 0 aliphatic carbocycles. The largest absolute Gasteiger partial charge is 0.429 e. The van der Waals surface area contributed by atoms with E-state index in [9.17, 15) is 4.79 Å². The van der Waals surface area contributed by atoms with Crippen LogP contribution in [-0.4, -0.2) is 6.47 Å². The number of carbonyl (C=O) groups is 1. The third kappa shape index (κ3) is 4.70. The van der Waals surface area contributed by atoms with Gasteiger partial charge in [-0.3, -0.25) is 4.79 Å². The van der Waals surface area contributed by atoms with Crippen molar-refractivity contribution >= 4 is 29.0 Å². The topological polar surface area (TPSA) is 26.3 Å². The number of halogens is 1. The first-order valence-electron chi connectivity index (χ1n) is 2.76. The third-order valence-corrected chi connectivity index (χ3v) is 0.927. The van der Waals surface area contributed by atoms with Crippen molar-refractivity contribution in [2.24, 2.45) is 0 Å². The summed E-state index contributed by atoms with van der Waals surface area (Å²) in [4.78, 5) is 9.75. The highest BCUT2D eigenvalue weighted by Crippen LogP contribution is 2.05. The van der Waals surface area contributed by atoms with Crippen LogP contribution < -0.4 is 4.74 Å². The summed E-state index contributed by atoms with van der Waals surface area (Å²) >= 11 is 3.00. The number of benzene rings is 1. The molecule has 0 radical (unpaired) electrons. The molecule has 0 amide bonds. The van der Waals surface area contributed by atoms with E-state index < -0.39 is 0 Å². The summed E-state index contributed by atoms with van der Waals surface area (Å²) in [5.74, 6) is 0.576. The van der Waals surface area contributed by atoms with E-state index in [2.05, 4.69) is 27.3 Å². The van der Waals surface area contributed by atoms with Gasteiger partial charge in [0.15, 0.2) is 0 Å². The average molecular weight is 191 g/mol.